The lowest BCUT2D eigenvalue weighted by molar-refractivity contribution is 0.414. The second-order valence-corrected chi connectivity index (χ2v) is 4.36. The third kappa shape index (κ3) is 1.91. The molecule has 1 heterocycles. The number of phenolic OH excluding ortho intramolecular Hbond substituents is 1. The van der Waals surface area contributed by atoms with Crippen molar-refractivity contribution < 1.29 is 14.3 Å². The summed E-state index contributed by atoms with van der Waals surface area (Å²) < 4.78 is 10.6. The molecule has 0 radical (unpaired) electrons. The fourth-order valence-corrected chi connectivity index (χ4v) is 2.12. The van der Waals surface area contributed by atoms with E-state index in [1.54, 1.807) is 43.5 Å². The quantitative estimate of drug-likeness (QED) is 0.775. The fraction of sp³-hybridized carbons (Fsp3) is 0.0625. The minimum atomic E-state index is -0.185. The highest BCUT2D eigenvalue weighted by molar-refractivity contribution is 5.83. The number of phenols is 1. The van der Waals surface area contributed by atoms with Crippen molar-refractivity contribution >= 4 is 11.0 Å². The molecule has 0 aliphatic rings. The zero-order valence-electron chi connectivity index (χ0n) is 10.8. The third-order valence-corrected chi connectivity index (χ3v) is 3.18. The highest BCUT2D eigenvalue weighted by Crippen LogP contribution is 2.28. The molecular formula is C16H12O4. The minimum Gasteiger partial charge on any atom is -0.507 e. The van der Waals surface area contributed by atoms with Gasteiger partial charge in [-0.15, -0.1) is 0 Å². The molecule has 4 nitrogen and oxygen atoms in total. The van der Waals surface area contributed by atoms with Gasteiger partial charge in [0.15, 0.2) is 0 Å². The van der Waals surface area contributed by atoms with Crippen LogP contribution in [-0.2, 0) is 0 Å². The van der Waals surface area contributed by atoms with E-state index < -0.39 is 0 Å². The van der Waals surface area contributed by atoms with Crippen LogP contribution < -0.4 is 10.2 Å². The summed E-state index contributed by atoms with van der Waals surface area (Å²) in [6.45, 7) is 0. The molecule has 0 saturated carbocycles. The fourth-order valence-electron chi connectivity index (χ4n) is 2.12. The number of para-hydroxylation sites is 1. The standard InChI is InChI=1S/C16H12O4/c1-19-10-6-7-12-15(8-10)20-9-13(16(12)18)11-4-2-3-5-14(11)17/h2-9,17H,1H3. The predicted molar refractivity (Wildman–Crippen MR) is 76.1 cm³/mol. The molecule has 3 rings (SSSR count). The van der Waals surface area contributed by atoms with Crippen LogP contribution in [0.1, 0.15) is 0 Å². The SMILES string of the molecule is COc1ccc2c(=O)c(-c3ccccc3O)coc2c1. The summed E-state index contributed by atoms with van der Waals surface area (Å²) in [7, 11) is 1.55. The van der Waals surface area contributed by atoms with E-state index >= 15 is 0 Å². The van der Waals surface area contributed by atoms with Crippen LogP contribution in [-0.4, -0.2) is 12.2 Å². The van der Waals surface area contributed by atoms with E-state index in [-0.39, 0.29) is 11.2 Å². The Morgan fingerprint density at radius 1 is 1.10 bits per heavy atom. The minimum absolute atomic E-state index is 0.0488. The first kappa shape index (κ1) is 12.3. The van der Waals surface area contributed by atoms with Crippen LogP contribution in [0.25, 0.3) is 22.1 Å². The van der Waals surface area contributed by atoms with Gasteiger partial charge in [-0.3, -0.25) is 4.79 Å². The first-order chi connectivity index (χ1) is 9.70. The largest absolute Gasteiger partial charge is 0.507 e. The molecule has 0 spiro atoms. The van der Waals surface area contributed by atoms with E-state index in [1.165, 1.54) is 12.3 Å². The van der Waals surface area contributed by atoms with Crippen molar-refractivity contribution in [3.63, 3.8) is 0 Å². The van der Waals surface area contributed by atoms with Crippen LogP contribution in [0.4, 0.5) is 0 Å². The van der Waals surface area contributed by atoms with Crippen LogP contribution >= 0.6 is 0 Å². The molecule has 3 aromatic rings. The Morgan fingerprint density at radius 3 is 2.65 bits per heavy atom. The van der Waals surface area contributed by atoms with Crippen LogP contribution in [0.5, 0.6) is 11.5 Å². The van der Waals surface area contributed by atoms with Crippen molar-refractivity contribution in [1.82, 2.24) is 0 Å². The average Bonchev–Trinajstić information content (AvgIpc) is 2.48. The van der Waals surface area contributed by atoms with Gasteiger partial charge in [0.2, 0.25) is 5.43 Å². The van der Waals surface area contributed by atoms with Gasteiger partial charge in [-0.2, -0.15) is 0 Å². The maximum Gasteiger partial charge on any atom is 0.200 e. The first-order valence-electron chi connectivity index (χ1n) is 6.08. The molecule has 0 aliphatic heterocycles. The van der Waals surface area contributed by atoms with Crippen molar-refractivity contribution in [2.75, 3.05) is 7.11 Å². The summed E-state index contributed by atoms with van der Waals surface area (Å²) >= 11 is 0. The molecule has 20 heavy (non-hydrogen) atoms. The number of rotatable bonds is 2. The number of hydrogen-bond donors (Lipinski definition) is 1. The second kappa shape index (κ2) is 4.74. The Bertz CT molecular complexity index is 833. The summed E-state index contributed by atoms with van der Waals surface area (Å²) in [6, 6.07) is 11.7. The zero-order chi connectivity index (χ0) is 14.1. The molecule has 100 valence electrons. The van der Waals surface area contributed by atoms with Crippen LogP contribution in [0.15, 0.2) is 57.9 Å². The van der Waals surface area contributed by atoms with Gasteiger partial charge in [0.25, 0.3) is 0 Å². The van der Waals surface area contributed by atoms with Crippen LogP contribution in [0.2, 0.25) is 0 Å². The van der Waals surface area contributed by atoms with Gasteiger partial charge in [0.05, 0.1) is 18.1 Å². The van der Waals surface area contributed by atoms with E-state index in [0.29, 0.717) is 27.8 Å². The van der Waals surface area contributed by atoms with Crippen molar-refractivity contribution in [3.8, 4) is 22.6 Å². The number of fused-ring (bicyclic) bond motifs is 1. The van der Waals surface area contributed by atoms with Gasteiger partial charge < -0.3 is 14.3 Å². The lowest BCUT2D eigenvalue weighted by Crippen LogP contribution is -2.04. The van der Waals surface area contributed by atoms with Crippen molar-refractivity contribution in [2.24, 2.45) is 0 Å². The molecule has 1 N–H and O–H groups in total. The molecule has 0 saturated heterocycles. The Balaban J connectivity index is 2.27. The molecule has 4 heteroatoms. The lowest BCUT2D eigenvalue weighted by atomic mass is 10.0. The normalized spacial score (nSPS) is 10.7. The molecule has 0 amide bonds. The van der Waals surface area contributed by atoms with Crippen molar-refractivity contribution in [1.29, 1.82) is 0 Å². The summed E-state index contributed by atoms with van der Waals surface area (Å²) in [6.07, 6.45) is 1.36. The van der Waals surface area contributed by atoms with Crippen LogP contribution in [0, 0.1) is 0 Å². The van der Waals surface area contributed by atoms with Gasteiger partial charge in [0, 0.05) is 11.6 Å². The molecule has 0 atom stereocenters. The van der Waals surface area contributed by atoms with Gasteiger partial charge in [0.1, 0.15) is 23.3 Å². The van der Waals surface area contributed by atoms with Crippen LogP contribution in [0.3, 0.4) is 0 Å². The second-order valence-electron chi connectivity index (χ2n) is 4.36. The zero-order valence-corrected chi connectivity index (χ0v) is 10.8. The predicted octanol–water partition coefficient (Wildman–Crippen LogP) is 3.17. The van der Waals surface area contributed by atoms with Gasteiger partial charge in [-0.1, -0.05) is 18.2 Å². The highest BCUT2D eigenvalue weighted by atomic mass is 16.5. The summed E-state index contributed by atoms with van der Waals surface area (Å²) in [5.74, 6) is 0.670. The Kier molecular flexibility index (Phi) is 2.91. The van der Waals surface area contributed by atoms with Crippen molar-refractivity contribution in [2.45, 2.75) is 0 Å². The van der Waals surface area contributed by atoms with E-state index in [9.17, 15) is 9.90 Å². The third-order valence-electron chi connectivity index (χ3n) is 3.18. The summed E-state index contributed by atoms with van der Waals surface area (Å²) in [5, 5.41) is 10.3. The van der Waals surface area contributed by atoms with Crippen molar-refractivity contribution in [3.05, 3.63) is 59.0 Å². The van der Waals surface area contributed by atoms with Gasteiger partial charge >= 0.3 is 0 Å². The monoisotopic (exact) mass is 268 g/mol. The maximum absolute atomic E-state index is 12.5. The lowest BCUT2D eigenvalue weighted by Gasteiger charge is -2.05. The molecular weight excluding hydrogens is 256 g/mol. The average molecular weight is 268 g/mol. The van der Waals surface area contributed by atoms with E-state index in [0.717, 1.165) is 0 Å². The van der Waals surface area contributed by atoms with E-state index in [2.05, 4.69) is 0 Å². The molecule has 1 aromatic heterocycles. The number of aromatic hydroxyl groups is 1. The Morgan fingerprint density at radius 2 is 1.90 bits per heavy atom. The maximum atomic E-state index is 12.5. The number of benzene rings is 2. The van der Waals surface area contributed by atoms with E-state index in [1.807, 2.05) is 0 Å². The molecule has 0 unspecified atom stereocenters. The smallest absolute Gasteiger partial charge is 0.200 e. The molecule has 2 aromatic carbocycles. The number of ether oxygens (including phenoxy) is 1. The first-order valence-corrected chi connectivity index (χ1v) is 6.08. The van der Waals surface area contributed by atoms with Gasteiger partial charge in [-0.05, 0) is 18.2 Å². The Labute approximate surface area is 114 Å². The number of methoxy groups -OCH3 is 1. The molecule has 0 aliphatic carbocycles. The Hall–Kier alpha value is -2.75. The number of hydrogen-bond acceptors (Lipinski definition) is 4. The van der Waals surface area contributed by atoms with Gasteiger partial charge in [-0.25, -0.2) is 0 Å². The molecule has 0 fully saturated rings. The molecule has 0 bridgehead atoms. The summed E-state index contributed by atoms with van der Waals surface area (Å²) in [4.78, 5) is 12.5. The summed E-state index contributed by atoms with van der Waals surface area (Å²) in [5.41, 5.74) is 1.06. The topological polar surface area (TPSA) is 59.7 Å². The van der Waals surface area contributed by atoms with E-state index in [4.69, 9.17) is 9.15 Å². The highest BCUT2D eigenvalue weighted by Gasteiger charge is 2.12.